The number of nitrogens with two attached hydrogens (primary N) is 2. The summed E-state index contributed by atoms with van der Waals surface area (Å²) < 4.78 is 0. The zero-order valence-corrected chi connectivity index (χ0v) is 11.0. The molecule has 3 atom stereocenters. The van der Waals surface area contributed by atoms with Gasteiger partial charge >= 0.3 is 5.97 Å². The van der Waals surface area contributed by atoms with Gasteiger partial charge in [-0.25, -0.2) is 4.79 Å². The molecular weight excluding hydrogens is 288 g/mol. The van der Waals surface area contributed by atoms with Crippen LogP contribution in [0.5, 0.6) is 0 Å². The molecule has 0 rings (SSSR count). The highest BCUT2D eigenvalue weighted by Crippen LogP contribution is 1.92. The highest BCUT2D eigenvalue weighted by atomic mass is 16.4. The van der Waals surface area contributed by atoms with Gasteiger partial charge in [0.05, 0.1) is 25.7 Å². The first-order chi connectivity index (χ1) is 9.72. The maximum absolute atomic E-state index is 11.6. The number of aliphatic hydroxyl groups excluding tert-OH is 2. The van der Waals surface area contributed by atoms with Crippen molar-refractivity contribution in [2.45, 2.75) is 24.5 Å². The van der Waals surface area contributed by atoms with Crippen LogP contribution in [0.1, 0.15) is 6.42 Å². The number of rotatable bonds is 9. The van der Waals surface area contributed by atoms with Crippen molar-refractivity contribution in [2.24, 2.45) is 11.5 Å². The second-order valence-corrected chi connectivity index (χ2v) is 4.10. The average Bonchev–Trinajstić information content (AvgIpc) is 2.40. The Morgan fingerprint density at radius 3 is 1.81 bits per heavy atom. The van der Waals surface area contributed by atoms with Crippen molar-refractivity contribution in [1.82, 2.24) is 10.6 Å². The lowest BCUT2D eigenvalue weighted by Gasteiger charge is -2.20. The van der Waals surface area contributed by atoms with E-state index in [4.69, 9.17) is 26.8 Å². The Labute approximate surface area is 119 Å². The Kier molecular flexibility index (Phi) is 7.89. The molecule has 0 bridgehead atoms. The van der Waals surface area contributed by atoms with Gasteiger partial charge < -0.3 is 37.4 Å². The van der Waals surface area contributed by atoms with Crippen LogP contribution in [0.4, 0.5) is 0 Å². The van der Waals surface area contributed by atoms with Gasteiger partial charge in [-0.05, 0) is 0 Å². The largest absolute Gasteiger partial charge is 0.480 e. The Hall–Kier alpha value is -2.24. The molecule has 0 aromatic heterocycles. The Bertz CT molecular complexity index is 414. The normalized spacial score (nSPS) is 14.6. The van der Waals surface area contributed by atoms with Gasteiger partial charge in [-0.15, -0.1) is 0 Å². The van der Waals surface area contributed by atoms with Gasteiger partial charge in [-0.3, -0.25) is 14.4 Å². The van der Waals surface area contributed by atoms with Gasteiger partial charge in [-0.1, -0.05) is 0 Å². The summed E-state index contributed by atoms with van der Waals surface area (Å²) in [7, 11) is 0. The van der Waals surface area contributed by atoms with E-state index in [1.807, 2.05) is 10.6 Å². The molecule has 0 radical (unpaired) electrons. The first-order valence-corrected chi connectivity index (χ1v) is 5.82. The van der Waals surface area contributed by atoms with Crippen LogP contribution in [-0.4, -0.2) is 70.3 Å². The van der Waals surface area contributed by atoms with Crippen LogP contribution >= 0.6 is 0 Å². The molecule has 0 aliphatic rings. The second kappa shape index (κ2) is 8.84. The van der Waals surface area contributed by atoms with E-state index < -0.39 is 61.5 Å². The molecule has 0 saturated heterocycles. The van der Waals surface area contributed by atoms with Gasteiger partial charge in [0.1, 0.15) is 12.1 Å². The minimum absolute atomic E-state index is 0.458. The summed E-state index contributed by atoms with van der Waals surface area (Å²) in [4.78, 5) is 44.4. The number of carbonyl (C=O) groups excluding carboxylic acids is 3. The molecule has 0 fully saturated rings. The van der Waals surface area contributed by atoms with Crippen LogP contribution in [0.25, 0.3) is 0 Å². The molecule has 0 aliphatic heterocycles. The van der Waals surface area contributed by atoms with Gasteiger partial charge in [0.15, 0.2) is 0 Å². The lowest BCUT2D eigenvalue weighted by Crippen LogP contribution is -2.56. The van der Waals surface area contributed by atoms with E-state index in [0.717, 1.165) is 0 Å². The summed E-state index contributed by atoms with van der Waals surface area (Å²) in [6.45, 7) is -1.70. The number of hydrogen-bond acceptors (Lipinski definition) is 7. The van der Waals surface area contributed by atoms with Crippen molar-refractivity contribution in [1.29, 1.82) is 0 Å². The molecule has 0 aliphatic carbocycles. The molecule has 0 spiro atoms. The van der Waals surface area contributed by atoms with Gasteiger partial charge in [0, 0.05) is 0 Å². The van der Waals surface area contributed by atoms with Crippen molar-refractivity contribution in [2.75, 3.05) is 13.2 Å². The average molecular weight is 306 g/mol. The van der Waals surface area contributed by atoms with Gasteiger partial charge in [-0.2, -0.15) is 0 Å². The van der Waals surface area contributed by atoms with Crippen LogP contribution in [0, 0.1) is 0 Å². The lowest BCUT2D eigenvalue weighted by atomic mass is 10.1. The molecule has 0 heterocycles. The maximum Gasteiger partial charge on any atom is 0.328 e. The molecule has 9 N–H and O–H groups in total. The minimum atomic E-state index is -1.58. The molecule has 120 valence electrons. The van der Waals surface area contributed by atoms with Crippen LogP contribution in [0.2, 0.25) is 0 Å². The predicted molar refractivity (Wildman–Crippen MR) is 67.5 cm³/mol. The van der Waals surface area contributed by atoms with Crippen LogP contribution in [-0.2, 0) is 19.2 Å². The second-order valence-electron chi connectivity index (χ2n) is 4.10. The monoisotopic (exact) mass is 306 g/mol. The van der Waals surface area contributed by atoms with E-state index in [2.05, 4.69) is 0 Å². The van der Waals surface area contributed by atoms with Crippen LogP contribution in [0.15, 0.2) is 0 Å². The lowest BCUT2D eigenvalue weighted by molar-refractivity contribution is -0.143. The number of carbonyl (C=O) groups is 4. The van der Waals surface area contributed by atoms with Crippen molar-refractivity contribution in [3.05, 3.63) is 0 Å². The third-order valence-electron chi connectivity index (χ3n) is 2.37. The van der Waals surface area contributed by atoms with Crippen molar-refractivity contribution in [3.8, 4) is 0 Å². The summed E-state index contributed by atoms with van der Waals surface area (Å²) in [5.41, 5.74) is 10.2. The summed E-state index contributed by atoms with van der Waals surface area (Å²) in [6.07, 6.45) is -0.458. The third kappa shape index (κ3) is 6.65. The number of primary amides is 1. The molecule has 0 aromatic carbocycles. The number of carboxylic acids is 1. The number of aliphatic hydroxyl groups is 2. The fourth-order valence-corrected chi connectivity index (χ4v) is 1.24. The SMILES string of the molecule is NC(=O)C[C@H](N)C(=O)N[C@@H](CO)C(=O)N[C@@H](CO)C(=O)O. The standard InChI is InChI=1S/C10H18N4O7/c11-4(1-7(12)17)8(18)13-5(2-15)9(19)14-6(3-16)10(20)21/h4-6,15-16H,1-3,11H2,(H2,12,17)(H,13,18)(H,14,19)(H,20,21)/t4-,5-,6-/m0/s1. The minimum Gasteiger partial charge on any atom is -0.480 e. The van der Waals surface area contributed by atoms with Gasteiger partial charge in [0.2, 0.25) is 17.7 Å². The highest BCUT2D eigenvalue weighted by Gasteiger charge is 2.27. The quantitative estimate of drug-likeness (QED) is 0.219. The number of nitrogens with one attached hydrogen (secondary N) is 2. The number of aliphatic carboxylic acids is 1. The van der Waals surface area contributed by atoms with E-state index >= 15 is 0 Å². The first-order valence-electron chi connectivity index (χ1n) is 5.82. The fourth-order valence-electron chi connectivity index (χ4n) is 1.24. The topological polar surface area (TPSA) is 205 Å². The van der Waals surface area contributed by atoms with Crippen LogP contribution in [0.3, 0.4) is 0 Å². The van der Waals surface area contributed by atoms with Crippen molar-refractivity contribution >= 4 is 23.7 Å². The molecule has 11 heteroatoms. The summed E-state index contributed by atoms with van der Waals surface area (Å²) in [5.74, 6) is -4.26. The van der Waals surface area contributed by atoms with E-state index in [9.17, 15) is 19.2 Å². The first kappa shape index (κ1) is 18.8. The van der Waals surface area contributed by atoms with Crippen molar-refractivity contribution < 1.29 is 34.5 Å². The van der Waals surface area contributed by atoms with Crippen molar-refractivity contribution in [3.63, 3.8) is 0 Å². The third-order valence-corrected chi connectivity index (χ3v) is 2.37. The van der Waals surface area contributed by atoms with E-state index in [1.165, 1.54) is 0 Å². The van der Waals surface area contributed by atoms with Crippen LogP contribution < -0.4 is 22.1 Å². The van der Waals surface area contributed by atoms with E-state index in [0.29, 0.717) is 0 Å². The zero-order valence-electron chi connectivity index (χ0n) is 11.0. The summed E-state index contributed by atoms with van der Waals surface area (Å²) >= 11 is 0. The highest BCUT2D eigenvalue weighted by molar-refractivity contribution is 5.93. The Balaban J connectivity index is 4.63. The molecule has 0 saturated carbocycles. The smallest absolute Gasteiger partial charge is 0.328 e. The predicted octanol–water partition coefficient (Wildman–Crippen LogP) is -4.77. The Morgan fingerprint density at radius 1 is 0.952 bits per heavy atom. The summed E-state index contributed by atoms with van der Waals surface area (Å²) in [5, 5.41) is 30.4. The van der Waals surface area contributed by atoms with Gasteiger partial charge in [0.25, 0.3) is 0 Å². The molecule has 0 aromatic rings. The number of amides is 3. The zero-order chi connectivity index (χ0) is 16.6. The fraction of sp³-hybridized carbons (Fsp3) is 0.600. The molecule has 21 heavy (non-hydrogen) atoms. The Morgan fingerprint density at radius 2 is 1.43 bits per heavy atom. The summed E-state index contributed by atoms with van der Waals surface area (Å²) in [6, 6.07) is -4.37. The number of hydrogen-bond donors (Lipinski definition) is 7. The van der Waals surface area contributed by atoms with E-state index in [1.54, 1.807) is 0 Å². The number of carboxylic acid groups (broad SMARTS) is 1. The molecule has 3 amide bonds. The van der Waals surface area contributed by atoms with E-state index in [-0.39, 0.29) is 0 Å². The molecular formula is C10H18N4O7. The maximum atomic E-state index is 11.6. The molecule has 11 nitrogen and oxygen atoms in total. The molecule has 0 unspecified atom stereocenters.